The molecule has 18 heavy (non-hydrogen) atoms. The van der Waals surface area contributed by atoms with Crippen LogP contribution in [-0.2, 0) is 0 Å². The van der Waals surface area contributed by atoms with E-state index in [9.17, 15) is 9.18 Å². The molecule has 0 atom stereocenters. The third kappa shape index (κ3) is 2.89. The molecule has 2 nitrogen and oxygen atoms in total. The molecule has 0 saturated heterocycles. The summed E-state index contributed by atoms with van der Waals surface area (Å²) in [5.41, 5.74) is 0.704. The number of hydrogen-bond donors (Lipinski definition) is 1. The highest BCUT2D eigenvalue weighted by molar-refractivity contribution is 9.10. The average molecular weight is 329 g/mol. The molecule has 92 valence electrons. The van der Waals surface area contributed by atoms with E-state index in [1.54, 1.807) is 24.3 Å². The largest absolute Gasteiger partial charge is 0.321 e. The van der Waals surface area contributed by atoms with Gasteiger partial charge in [-0.2, -0.15) is 0 Å². The molecule has 0 spiro atoms. The second kappa shape index (κ2) is 5.50. The van der Waals surface area contributed by atoms with E-state index in [0.717, 1.165) is 6.07 Å². The van der Waals surface area contributed by atoms with E-state index in [1.165, 1.54) is 12.1 Å². The Bertz CT molecular complexity index is 603. The molecule has 0 saturated carbocycles. The molecule has 0 unspecified atom stereocenters. The lowest BCUT2D eigenvalue weighted by Gasteiger charge is -2.08. The third-order valence-corrected chi connectivity index (χ3v) is 3.32. The van der Waals surface area contributed by atoms with Crippen LogP contribution in [0.1, 0.15) is 10.4 Å². The molecule has 1 amide bonds. The lowest BCUT2D eigenvalue weighted by atomic mass is 10.2. The van der Waals surface area contributed by atoms with Gasteiger partial charge >= 0.3 is 0 Å². The van der Waals surface area contributed by atoms with Crippen LogP contribution < -0.4 is 5.32 Å². The number of rotatable bonds is 2. The molecule has 2 rings (SSSR count). The molecule has 0 aliphatic heterocycles. The summed E-state index contributed by atoms with van der Waals surface area (Å²) >= 11 is 9.13. The SMILES string of the molecule is O=C(Nc1ccccc1Cl)c1cc(F)ccc1Br. The Labute approximate surface area is 117 Å². The third-order valence-electron chi connectivity index (χ3n) is 2.30. The fraction of sp³-hybridized carbons (Fsp3) is 0. The van der Waals surface area contributed by atoms with Crippen molar-refractivity contribution >= 4 is 39.1 Å². The summed E-state index contributed by atoms with van der Waals surface area (Å²) in [6.07, 6.45) is 0. The Hall–Kier alpha value is -1.39. The molecule has 2 aromatic rings. The van der Waals surface area contributed by atoms with Crippen molar-refractivity contribution in [3.8, 4) is 0 Å². The summed E-state index contributed by atoms with van der Waals surface area (Å²) < 4.78 is 13.6. The van der Waals surface area contributed by atoms with Crippen LogP contribution in [-0.4, -0.2) is 5.91 Å². The topological polar surface area (TPSA) is 29.1 Å². The molecule has 0 fully saturated rings. The molecular weight excluding hydrogens is 321 g/mol. The number of carbonyl (C=O) groups excluding carboxylic acids is 1. The lowest BCUT2D eigenvalue weighted by molar-refractivity contribution is 0.102. The zero-order valence-electron chi connectivity index (χ0n) is 9.08. The highest BCUT2D eigenvalue weighted by Crippen LogP contribution is 2.23. The van der Waals surface area contributed by atoms with Gasteiger partial charge in [-0.25, -0.2) is 4.39 Å². The van der Waals surface area contributed by atoms with Crippen molar-refractivity contribution in [2.45, 2.75) is 0 Å². The minimum absolute atomic E-state index is 0.218. The quantitative estimate of drug-likeness (QED) is 0.864. The normalized spacial score (nSPS) is 10.2. The molecule has 2 aromatic carbocycles. The van der Waals surface area contributed by atoms with Crippen molar-refractivity contribution in [2.75, 3.05) is 5.32 Å². The Morgan fingerprint density at radius 2 is 1.94 bits per heavy atom. The highest BCUT2D eigenvalue weighted by atomic mass is 79.9. The van der Waals surface area contributed by atoms with E-state index in [1.807, 2.05) is 0 Å². The Kier molecular flexibility index (Phi) is 3.99. The number of carbonyl (C=O) groups is 1. The van der Waals surface area contributed by atoms with E-state index in [4.69, 9.17) is 11.6 Å². The molecule has 5 heteroatoms. The minimum Gasteiger partial charge on any atom is -0.321 e. The fourth-order valence-electron chi connectivity index (χ4n) is 1.42. The van der Waals surface area contributed by atoms with E-state index >= 15 is 0 Å². The van der Waals surface area contributed by atoms with Gasteiger partial charge in [0.2, 0.25) is 0 Å². The number of halogens is 3. The minimum atomic E-state index is -0.470. The van der Waals surface area contributed by atoms with Crippen molar-refractivity contribution in [2.24, 2.45) is 0 Å². The predicted molar refractivity (Wildman–Crippen MR) is 73.5 cm³/mol. The van der Waals surface area contributed by atoms with Crippen LogP contribution in [0.2, 0.25) is 5.02 Å². The Balaban J connectivity index is 2.28. The van der Waals surface area contributed by atoms with E-state index in [-0.39, 0.29) is 5.56 Å². The standard InChI is InChI=1S/C13H8BrClFNO/c14-10-6-5-8(16)7-9(10)13(18)17-12-4-2-1-3-11(12)15/h1-7H,(H,17,18). The molecule has 0 radical (unpaired) electrons. The van der Waals surface area contributed by atoms with Crippen molar-refractivity contribution < 1.29 is 9.18 Å². The van der Waals surface area contributed by atoms with Crippen LogP contribution in [0.3, 0.4) is 0 Å². The van der Waals surface area contributed by atoms with Gasteiger partial charge in [-0.15, -0.1) is 0 Å². The molecule has 0 heterocycles. The van der Waals surface area contributed by atoms with Gasteiger partial charge in [0, 0.05) is 4.47 Å². The second-order valence-corrected chi connectivity index (χ2v) is 4.82. The Morgan fingerprint density at radius 1 is 1.22 bits per heavy atom. The van der Waals surface area contributed by atoms with Gasteiger partial charge in [0.25, 0.3) is 5.91 Å². The van der Waals surface area contributed by atoms with Gasteiger partial charge in [0.05, 0.1) is 16.3 Å². The average Bonchev–Trinajstić information content (AvgIpc) is 2.35. The second-order valence-electron chi connectivity index (χ2n) is 3.56. The fourth-order valence-corrected chi connectivity index (χ4v) is 2.03. The van der Waals surface area contributed by atoms with Crippen molar-refractivity contribution in [3.63, 3.8) is 0 Å². The number of para-hydroxylation sites is 1. The summed E-state index contributed by atoms with van der Waals surface area (Å²) in [6, 6.07) is 10.8. The first-order valence-electron chi connectivity index (χ1n) is 5.09. The summed E-state index contributed by atoms with van der Waals surface area (Å²) in [5.74, 6) is -0.892. The molecule has 0 aromatic heterocycles. The van der Waals surface area contributed by atoms with E-state index < -0.39 is 11.7 Å². The predicted octanol–water partition coefficient (Wildman–Crippen LogP) is 4.49. The molecular formula is C13H8BrClFNO. The maximum absolute atomic E-state index is 13.1. The number of amides is 1. The van der Waals surface area contributed by atoms with Crippen molar-refractivity contribution in [3.05, 3.63) is 63.3 Å². The van der Waals surface area contributed by atoms with Crippen LogP contribution in [0.4, 0.5) is 10.1 Å². The van der Waals surface area contributed by atoms with Crippen LogP contribution >= 0.6 is 27.5 Å². The maximum Gasteiger partial charge on any atom is 0.256 e. The van der Waals surface area contributed by atoms with E-state index in [0.29, 0.717) is 15.2 Å². The number of nitrogens with one attached hydrogen (secondary N) is 1. The van der Waals surface area contributed by atoms with Gasteiger partial charge in [-0.3, -0.25) is 4.79 Å². The Morgan fingerprint density at radius 3 is 2.67 bits per heavy atom. The zero-order chi connectivity index (χ0) is 13.1. The maximum atomic E-state index is 13.1. The number of hydrogen-bond acceptors (Lipinski definition) is 1. The smallest absolute Gasteiger partial charge is 0.256 e. The molecule has 0 aliphatic carbocycles. The van der Waals surface area contributed by atoms with Crippen molar-refractivity contribution in [1.29, 1.82) is 0 Å². The van der Waals surface area contributed by atoms with Gasteiger partial charge in [-0.1, -0.05) is 23.7 Å². The first kappa shape index (κ1) is 13.1. The van der Waals surface area contributed by atoms with Crippen LogP contribution in [0, 0.1) is 5.82 Å². The number of benzene rings is 2. The highest BCUT2D eigenvalue weighted by Gasteiger charge is 2.12. The first-order valence-corrected chi connectivity index (χ1v) is 6.26. The molecule has 0 bridgehead atoms. The molecule has 0 aliphatic rings. The van der Waals surface area contributed by atoms with Gasteiger partial charge in [0.15, 0.2) is 0 Å². The van der Waals surface area contributed by atoms with Gasteiger partial charge in [-0.05, 0) is 46.3 Å². The van der Waals surface area contributed by atoms with Gasteiger partial charge < -0.3 is 5.32 Å². The van der Waals surface area contributed by atoms with Gasteiger partial charge in [0.1, 0.15) is 5.82 Å². The molecule has 1 N–H and O–H groups in total. The van der Waals surface area contributed by atoms with Crippen molar-refractivity contribution in [1.82, 2.24) is 0 Å². The number of anilines is 1. The summed E-state index contributed by atoms with van der Waals surface area (Å²) in [6.45, 7) is 0. The van der Waals surface area contributed by atoms with Crippen LogP contribution in [0.15, 0.2) is 46.9 Å². The monoisotopic (exact) mass is 327 g/mol. The lowest BCUT2D eigenvalue weighted by Crippen LogP contribution is -2.13. The van der Waals surface area contributed by atoms with Crippen LogP contribution in [0.25, 0.3) is 0 Å². The first-order chi connectivity index (χ1) is 8.58. The summed E-state index contributed by atoms with van der Waals surface area (Å²) in [7, 11) is 0. The van der Waals surface area contributed by atoms with E-state index in [2.05, 4.69) is 21.2 Å². The summed E-state index contributed by atoms with van der Waals surface area (Å²) in [5, 5.41) is 3.06. The summed E-state index contributed by atoms with van der Waals surface area (Å²) in [4.78, 5) is 12.0. The van der Waals surface area contributed by atoms with Crippen LogP contribution in [0.5, 0.6) is 0 Å². The zero-order valence-corrected chi connectivity index (χ0v) is 11.4.